The smallest absolute Gasteiger partial charge is 0.225 e. The topological polar surface area (TPSA) is 54.9 Å². The molecule has 0 spiro atoms. The standard InChI is InChI=1S/C11H11Cl2N3O/c1-2-3-4-5-6-8(17)16-11-9(12)10(13)14-7-15-11/h1,7H,3-6H2,(H,14,15,16,17). The van der Waals surface area contributed by atoms with Crippen LogP contribution in [0.5, 0.6) is 0 Å². The summed E-state index contributed by atoms with van der Waals surface area (Å²) in [6, 6.07) is 0. The Morgan fingerprint density at radius 1 is 1.41 bits per heavy atom. The quantitative estimate of drug-likeness (QED) is 0.509. The Labute approximate surface area is 110 Å². The molecule has 6 heteroatoms. The van der Waals surface area contributed by atoms with Crippen molar-refractivity contribution in [3.05, 3.63) is 16.5 Å². The second kappa shape index (κ2) is 7.10. The lowest BCUT2D eigenvalue weighted by molar-refractivity contribution is -0.116. The van der Waals surface area contributed by atoms with Crippen molar-refractivity contribution >= 4 is 34.9 Å². The van der Waals surface area contributed by atoms with Gasteiger partial charge in [-0.05, 0) is 12.8 Å². The number of hydrogen-bond acceptors (Lipinski definition) is 3. The molecule has 0 saturated heterocycles. The number of rotatable bonds is 5. The highest BCUT2D eigenvalue weighted by molar-refractivity contribution is 6.42. The number of anilines is 1. The van der Waals surface area contributed by atoms with Gasteiger partial charge in [-0.15, -0.1) is 12.3 Å². The van der Waals surface area contributed by atoms with Crippen LogP contribution in [0.15, 0.2) is 6.33 Å². The minimum absolute atomic E-state index is 0.115. The lowest BCUT2D eigenvalue weighted by Crippen LogP contribution is -2.12. The summed E-state index contributed by atoms with van der Waals surface area (Å²) < 4.78 is 0. The first-order valence-electron chi connectivity index (χ1n) is 5.04. The summed E-state index contributed by atoms with van der Waals surface area (Å²) in [4.78, 5) is 19.0. The molecule has 0 fully saturated rings. The predicted molar refractivity (Wildman–Crippen MR) is 68.0 cm³/mol. The van der Waals surface area contributed by atoms with Gasteiger partial charge in [-0.25, -0.2) is 9.97 Å². The number of amides is 1. The zero-order valence-electron chi connectivity index (χ0n) is 9.04. The predicted octanol–water partition coefficient (Wildman–Crippen LogP) is 2.92. The molecule has 4 nitrogen and oxygen atoms in total. The monoisotopic (exact) mass is 271 g/mol. The van der Waals surface area contributed by atoms with Crippen molar-refractivity contribution in [3.63, 3.8) is 0 Å². The van der Waals surface area contributed by atoms with Crippen molar-refractivity contribution in [1.29, 1.82) is 0 Å². The molecule has 0 saturated carbocycles. The molecule has 1 aromatic rings. The summed E-state index contributed by atoms with van der Waals surface area (Å²) in [5.41, 5.74) is 0. The van der Waals surface area contributed by atoms with Gasteiger partial charge in [0.1, 0.15) is 11.3 Å². The molecule has 1 aromatic heterocycles. The van der Waals surface area contributed by atoms with Crippen molar-refractivity contribution in [2.24, 2.45) is 0 Å². The first-order valence-corrected chi connectivity index (χ1v) is 5.80. The Kier molecular flexibility index (Phi) is 5.75. The minimum atomic E-state index is -0.168. The van der Waals surface area contributed by atoms with Crippen molar-refractivity contribution < 1.29 is 4.79 Å². The Hall–Kier alpha value is -1.31. The molecule has 0 aromatic carbocycles. The first-order chi connectivity index (χ1) is 8.15. The molecular formula is C11H11Cl2N3O. The number of carbonyl (C=O) groups is 1. The molecule has 0 radical (unpaired) electrons. The van der Waals surface area contributed by atoms with Crippen molar-refractivity contribution in [2.75, 3.05) is 5.32 Å². The van der Waals surface area contributed by atoms with Gasteiger partial charge in [0.25, 0.3) is 0 Å². The summed E-state index contributed by atoms with van der Waals surface area (Å²) in [5, 5.41) is 2.83. The second-order valence-electron chi connectivity index (χ2n) is 3.29. The van der Waals surface area contributed by atoms with E-state index in [-0.39, 0.29) is 21.9 Å². The highest BCUT2D eigenvalue weighted by Gasteiger charge is 2.10. The average Bonchev–Trinajstić information content (AvgIpc) is 2.31. The number of carbonyl (C=O) groups excluding carboxylic acids is 1. The van der Waals surface area contributed by atoms with Crippen LogP contribution in [0.2, 0.25) is 10.2 Å². The first kappa shape index (κ1) is 13.8. The van der Waals surface area contributed by atoms with Crippen molar-refractivity contribution in [2.45, 2.75) is 25.7 Å². The lowest BCUT2D eigenvalue weighted by atomic mass is 10.2. The van der Waals surface area contributed by atoms with Crippen molar-refractivity contribution in [3.8, 4) is 12.3 Å². The molecule has 0 aliphatic carbocycles. The van der Waals surface area contributed by atoms with Crippen LogP contribution in [0.1, 0.15) is 25.7 Å². The number of hydrogen-bond donors (Lipinski definition) is 1. The molecule has 17 heavy (non-hydrogen) atoms. The Morgan fingerprint density at radius 2 is 2.18 bits per heavy atom. The normalized spacial score (nSPS) is 9.71. The van der Waals surface area contributed by atoms with Crippen molar-refractivity contribution in [1.82, 2.24) is 9.97 Å². The van der Waals surface area contributed by atoms with Gasteiger partial charge < -0.3 is 5.32 Å². The maximum absolute atomic E-state index is 11.5. The van der Waals surface area contributed by atoms with Crippen LogP contribution >= 0.6 is 23.2 Å². The number of nitrogens with one attached hydrogen (secondary N) is 1. The van der Waals surface area contributed by atoms with E-state index in [0.717, 1.165) is 12.8 Å². The highest BCUT2D eigenvalue weighted by Crippen LogP contribution is 2.25. The summed E-state index contributed by atoms with van der Waals surface area (Å²) in [7, 11) is 0. The van der Waals surface area contributed by atoms with E-state index in [9.17, 15) is 4.79 Å². The summed E-state index contributed by atoms with van der Waals surface area (Å²) in [5.74, 6) is 2.58. The van der Waals surface area contributed by atoms with E-state index >= 15 is 0 Å². The van der Waals surface area contributed by atoms with Crippen LogP contribution in [-0.2, 0) is 4.79 Å². The zero-order chi connectivity index (χ0) is 12.7. The second-order valence-corrected chi connectivity index (χ2v) is 4.02. The number of aromatic nitrogens is 2. The van der Waals surface area contributed by atoms with Crippen LogP contribution in [0.3, 0.4) is 0 Å². The van der Waals surface area contributed by atoms with Gasteiger partial charge in [0.15, 0.2) is 11.0 Å². The van der Waals surface area contributed by atoms with Gasteiger partial charge in [-0.1, -0.05) is 23.2 Å². The summed E-state index contributed by atoms with van der Waals surface area (Å²) >= 11 is 11.5. The van der Waals surface area contributed by atoms with Gasteiger partial charge in [0, 0.05) is 12.8 Å². The summed E-state index contributed by atoms with van der Waals surface area (Å²) in [6.07, 6.45) is 8.94. The van der Waals surface area contributed by atoms with Gasteiger partial charge in [-0.3, -0.25) is 4.79 Å². The van der Waals surface area contributed by atoms with Crippen LogP contribution in [0.4, 0.5) is 5.82 Å². The molecule has 0 aliphatic heterocycles. The van der Waals surface area contributed by atoms with Gasteiger partial charge in [-0.2, -0.15) is 0 Å². The number of unbranched alkanes of at least 4 members (excludes halogenated alkanes) is 2. The largest absolute Gasteiger partial charge is 0.309 e. The van der Waals surface area contributed by atoms with E-state index in [0.29, 0.717) is 12.8 Å². The molecule has 1 amide bonds. The molecular weight excluding hydrogens is 261 g/mol. The SMILES string of the molecule is C#CCCCCC(=O)Nc1ncnc(Cl)c1Cl. The van der Waals surface area contributed by atoms with Gasteiger partial charge in [0.05, 0.1) is 0 Å². The molecule has 1 rings (SSSR count). The molecule has 1 heterocycles. The molecule has 1 N–H and O–H groups in total. The van der Waals surface area contributed by atoms with Gasteiger partial charge >= 0.3 is 0 Å². The maximum atomic E-state index is 11.5. The van der Waals surface area contributed by atoms with E-state index in [4.69, 9.17) is 29.6 Å². The molecule has 0 aliphatic rings. The average molecular weight is 272 g/mol. The van der Waals surface area contributed by atoms with E-state index in [1.54, 1.807) is 0 Å². The van der Waals surface area contributed by atoms with Crippen LogP contribution < -0.4 is 5.32 Å². The minimum Gasteiger partial charge on any atom is -0.309 e. The Balaban J connectivity index is 2.46. The van der Waals surface area contributed by atoms with E-state index in [1.165, 1.54) is 6.33 Å². The molecule has 90 valence electrons. The Morgan fingerprint density at radius 3 is 2.88 bits per heavy atom. The van der Waals surface area contributed by atoms with Crippen LogP contribution in [0, 0.1) is 12.3 Å². The van der Waals surface area contributed by atoms with E-state index in [2.05, 4.69) is 21.2 Å². The highest BCUT2D eigenvalue weighted by atomic mass is 35.5. The van der Waals surface area contributed by atoms with E-state index in [1.807, 2.05) is 0 Å². The fourth-order valence-electron chi connectivity index (χ4n) is 1.14. The zero-order valence-corrected chi connectivity index (χ0v) is 10.6. The third-order valence-corrected chi connectivity index (χ3v) is 2.72. The third kappa shape index (κ3) is 4.59. The number of nitrogens with zero attached hydrogens (tertiary/aromatic N) is 2. The number of halogens is 2. The molecule has 0 unspecified atom stereocenters. The molecule has 0 atom stereocenters. The fourth-order valence-corrected chi connectivity index (χ4v) is 1.42. The van der Waals surface area contributed by atoms with E-state index < -0.39 is 0 Å². The lowest BCUT2D eigenvalue weighted by Gasteiger charge is -2.05. The maximum Gasteiger partial charge on any atom is 0.225 e. The van der Waals surface area contributed by atoms with Gasteiger partial charge in [0.2, 0.25) is 5.91 Å². The van der Waals surface area contributed by atoms with Crippen LogP contribution in [-0.4, -0.2) is 15.9 Å². The Bertz CT molecular complexity index is 443. The molecule has 0 bridgehead atoms. The fraction of sp³-hybridized carbons (Fsp3) is 0.364. The van der Waals surface area contributed by atoms with Crippen LogP contribution in [0.25, 0.3) is 0 Å². The number of terminal acetylenes is 1. The third-order valence-electron chi connectivity index (χ3n) is 1.98. The summed E-state index contributed by atoms with van der Waals surface area (Å²) in [6.45, 7) is 0.